The predicted octanol–water partition coefficient (Wildman–Crippen LogP) is 2.12. The molecule has 160 valence electrons. The zero-order valence-corrected chi connectivity index (χ0v) is 17.5. The van der Waals surface area contributed by atoms with Crippen LogP contribution in [0, 0.1) is 0 Å². The molecule has 1 aromatic heterocycles. The van der Waals surface area contributed by atoms with Crippen molar-refractivity contribution in [1.29, 1.82) is 0 Å². The number of benzene rings is 1. The molecule has 2 aromatic rings. The van der Waals surface area contributed by atoms with Gasteiger partial charge in [0, 0.05) is 44.6 Å². The summed E-state index contributed by atoms with van der Waals surface area (Å²) >= 11 is 1.31. The third-order valence-corrected chi connectivity index (χ3v) is 5.41. The van der Waals surface area contributed by atoms with Crippen molar-refractivity contribution in [3.05, 3.63) is 43.0 Å². The Kier molecular flexibility index (Phi) is 6.99. The van der Waals surface area contributed by atoms with E-state index in [2.05, 4.69) is 4.98 Å². The average molecular weight is 434 g/mol. The largest absolute Gasteiger partial charge is 0.476 e. The first-order valence-electron chi connectivity index (χ1n) is 9.22. The minimum atomic E-state index is -0.980. The molecule has 3 rings (SSSR count). The Morgan fingerprint density at radius 2 is 1.60 bits per heavy atom. The van der Waals surface area contributed by atoms with E-state index in [0.29, 0.717) is 11.5 Å². The lowest BCUT2D eigenvalue weighted by Crippen LogP contribution is -2.55. The van der Waals surface area contributed by atoms with Crippen molar-refractivity contribution >= 4 is 29.7 Å². The smallest absolute Gasteiger partial charge is 0.303 e. The summed E-state index contributed by atoms with van der Waals surface area (Å²) in [5.41, 5.74) is 0.240. The van der Waals surface area contributed by atoms with Gasteiger partial charge in [-0.3, -0.25) is 14.4 Å². The number of rotatable bonds is 6. The van der Waals surface area contributed by atoms with Gasteiger partial charge in [0.2, 0.25) is 0 Å². The SMILES string of the molecule is CC(=O)O[C@@H]1[C@@H](OC(C)=O)[C@@H](Oc2ccc(-n3ccnc3)cc2)SC[C@H]1OC(C)=O. The standard InChI is InChI=1S/C20H22N2O7S/c1-12(23)26-17-10-30-20(19(28-14(3)25)18(17)27-13(2)24)29-16-6-4-15(5-7-16)22-9-8-21-11-22/h4-9,11,17-20H,10H2,1-3H3/t17-,18+,19-,20+/m1/s1. The minimum absolute atomic E-state index is 0.313. The highest BCUT2D eigenvalue weighted by Crippen LogP contribution is 2.34. The molecule has 1 saturated heterocycles. The number of esters is 3. The molecule has 0 unspecified atom stereocenters. The number of aromatic nitrogens is 2. The molecule has 1 aliphatic rings. The van der Waals surface area contributed by atoms with Crippen molar-refractivity contribution in [2.75, 3.05) is 5.75 Å². The molecule has 0 N–H and O–H groups in total. The van der Waals surface area contributed by atoms with Crippen molar-refractivity contribution in [2.24, 2.45) is 0 Å². The Morgan fingerprint density at radius 3 is 2.17 bits per heavy atom. The summed E-state index contributed by atoms with van der Waals surface area (Å²) in [6, 6.07) is 7.27. The molecule has 9 nitrogen and oxygen atoms in total. The average Bonchev–Trinajstić information content (AvgIpc) is 3.20. The summed E-state index contributed by atoms with van der Waals surface area (Å²) in [5, 5.41) is 0. The molecule has 0 bridgehead atoms. The molecular weight excluding hydrogens is 412 g/mol. The third kappa shape index (κ3) is 5.53. The van der Waals surface area contributed by atoms with Gasteiger partial charge in [-0.1, -0.05) is 0 Å². The molecule has 1 fully saturated rings. The first-order chi connectivity index (χ1) is 14.3. The maximum atomic E-state index is 11.7. The van der Waals surface area contributed by atoms with Crippen molar-refractivity contribution in [2.45, 2.75) is 44.5 Å². The van der Waals surface area contributed by atoms with E-state index in [1.165, 1.54) is 32.5 Å². The Balaban J connectivity index is 1.80. The van der Waals surface area contributed by atoms with Crippen LogP contribution >= 0.6 is 11.8 Å². The maximum Gasteiger partial charge on any atom is 0.303 e. The van der Waals surface area contributed by atoms with E-state index in [-0.39, 0.29) is 0 Å². The molecule has 10 heteroatoms. The van der Waals surface area contributed by atoms with Gasteiger partial charge in [-0.2, -0.15) is 0 Å². The number of ether oxygens (including phenoxy) is 4. The van der Waals surface area contributed by atoms with Crippen molar-refractivity contribution < 1.29 is 33.3 Å². The lowest BCUT2D eigenvalue weighted by Gasteiger charge is -2.39. The second-order valence-electron chi connectivity index (χ2n) is 6.58. The zero-order valence-electron chi connectivity index (χ0n) is 16.7. The second-order valence-corrected chi connectivity index (χ2v) is 7.71. The fourth-order valence-corrected chi connectivity index (χ4v) is 4.27. The Labute approximate surface area is 177 Å². The van der Waals surface area contributed by atoms with E-state index >= 15 is 0 Å². The summed E-state index contributed by atoms with van der Waals surface area (Å²) < 4.78 is 23.9. The topological polar surface area (TPSA) is 106 Å². The van der Waals surface area contributed by atoms with Crippen LogP contribution < -0.4 is 4.74 Å². The number of thioether (sulfide) groups is 1. The number of imidazole rings is 1. The van der Waals surface area contributed by atoms with Crippen LogP contribution in [-0.4, -0.2) is 57.0 Å². The van der Waals surface area contributed by atoms with Crippen LogP contribution in [0.1, 0.15) is 20.8 Å². The van der Waals surface area contributed by atoms with Crippen LogP contribution in [0.4, 0.5) is 0 Å². The van der Waals surface area contributed by atoms with Gasteiger partial charge in [0.05, 0.1) is 6.33 Å². The van der Waals surface area contributed by atoms with Crippen LogP contribution in [0.15, 0.2) is 43.0 Å². The van der Waals surface area contributed by atoms with Gasteiger partial charge >= 0.3 is 17.9 Å². The molecule has 0 amide bonds. The molecule has 0 aliphatic carbocycles. The summed E-state index contributed by atoms with van der Waals surface area (Å²) in [4.78, 5) is 38.8. The van der Waals surface area contributed by atoms with Crippen molar-refractivity contribution in [3.63, 3.8) is 0 Å². The van der Waals surface area contributed by atoms with E-state index in [9.17, 15) is 14.4 Å². The van der Waals surface area contributed by atoms with Crippen LogP contribution in [0.25, 0.3) is 5.69 Å². The number of hydrogen-bond donors (Lipinski definition) is 0. The summed E-state index contributed by atoms with van der Waals surface area (Å²) in [6.45, 7) is 3.75. The second kappa shape index (κ2) is 9.66. The van der Waals surface area contributed by atoms with Crippen LogP contribution in [-0.2, 0) is 28.6 Å². The fourth-order valence-electron chi connectivity index (χ4n) is 3.05. The van der Waals surface area contributed by atoms with Crippen molar-refractivity contribution in [1.82, 2.24) is 9.55 Å². The molecule has 0 spiro atoms. The number of hydrogen-bond acceptors (Lipinski definition) is 9. The highest BCUT2D eigenvalue weighted by Gasteiger charge is 2.47. The molecule has 1 aliphatic heterocycles. The van der Waals surface area contributed by atoms with E-state index in [1.807, 2.05) is 22.9 Å². The Morgan fingerprint density at radius 1 is 0.967 bits per heavy atom. The summed E-state index contributed by atoms with van der Waals surface area (Å²) in [5.74, 6) is -0.808. The number of carbonyl (C=O) groups is 3. The summed E-state index contributed by atoms with van der Waals surface area (Å²) in [6.07, 6.45) is 2.49. The monoisotopic (exact) mass is 434 g/mol. The Hall–Kier alpha value is -3.01. The molecule has 2 heterocycles. The molecule has 4 atom stereocenters. The fraction of sp³-hybridized carbons (Fsp3) is 0.400. The molecular formula is C20H22N2O7S. The first-order valence-corrected chi connectivity index (χ1v) is 10.3. The predicted molar refractivity (Wildman–Crippen MR) is 107 cm³/mol. The van der Waals surface area contributed by atoms with E-state index < -0.39 is 41.7 Å². The van der Waals surface area contributed by atoms with Crippen LogP contribution in [0.3, 0.4) is 0 Å². The normalized spacial score (nSPS) is 23.3. The van der Waals surface area contributed by atoms with Gasteiger partial charge in [0.25, 0.3) is 0 Å². The van der Waals surface area contributed by atoms with Crippen molar-refractivity contribution in [3.8, 4) is 11.4 Å². The number of nitrogens with zero attached hydrogens (tertiary/aromatic N) is 2. The maximum absolute atomic E-state index is 11.7. The summed E-state index contributed by atoms with van der Waals surface area (Å²) in [7, 11) is 0. The van der Waals surface area contributed by atoms with Gasteiger partial charge in [0.15, 0.2) is 23.7 Å². The molecule has 0 saturated carbocycles. The van der Waals surface area contributed by atoms with Gasteiger partial charge in [-0.05, 0) is 24.3 Å². The highest BCUT2D eigenvalue weighted by atomic mass is 32.2. The lowest BCUT2D eigenvalue weighted by atomic mass is 10.1. The van der Waals surface area contributed by atoms with Gasteiger partial charge < -0.3 is 23.5 Å². The third-order valence-electron chi connectivity index (χ3n) is 4.20. The molecule has 1 aromatic carbocycles. The van der Waals surface area contributed by atoms with Gasteiger partial charge in [0.1, 0.15) is 5.75 Å². The molecule has 30 heavy (non-hydrogen) atoms. The molecule has 0 radical (unpaired) electrons. The highest BCUT2D eigenvalue weighted by molar-refractivity contribution is 7.99. The van der Waals surface area contributed by atoms with Gasteiger partial charge in [-0.15, -0.1) is 11.8 Å². The van der Waals surface area contributed by atoms with E-state index in [1.54, 1.807) is 24.7 Å². The van der Waals surface area contributed by atoms with Crippen LogP contribution in [0.2, 0.25) is 0 Å². The van der Waals surface area contributed by atoms with Crippen LogP contribution in [0.5, 0.6) is 5.75 Å². The zero-order chi connectivity index (χ0) is 21.7. The Bertz CT molecular complexity index is 885. The first kappa shape index (κ1) is 21.7. The van der Waals surface area contributed by atoms with E-state index in [4.69, 9.17) is 18.9 Å². The van der Waals surface area contributed by atoms with E-state index in [0.717, 1.165) is 5.69 Å². The quantitative estimate of drug-likeness (QED) is 0.499. The minimum Gasteiger partial charge on any atom is -0.476 e. The lowest BCUT2D eigenvalue weighted by molar-refractivity contribution is -0.186. The number of carbonyl (C=O) groups excluding carboxylic acids is 3. The van der Waals surface area contributed by atoms with Gasteiger partial charge in [-0.25, -0.2) is 4.98 Å².